The van der Waals surface area contributed by atoms with Crippen LogP contribution in [0.3, 0.4) is 0 Å². The van der Waals surface area contributed by atoms with Crippen molar-refractivity contribution in [2.24, 2.45) is 11.7 Å². The summed E-state index contributed by atoms with van der Waals surface area (Å²) < 4.78 is 0. The summed E-state index contributed by atoms with van der Waals surface area (Å²) in [7, 11) is 0. The number of aliphatic carboxylic acids is 2. The molecule has 4 unspecified atom stereocenters. The maximum absolute atomic E-state index is 12.4. The second kappa shape index (κ2) is 13.0. The van der Waals surface area contributed by atoms with Crippen LogP contribution in [0.2, 0.25) is 0 Å². The number of hydrogen-bond donors (Lipinski definition) is 6. The number of carboxylic acid groups (broad SMARTS) is 2. The molecule has 0 fully saturated rings. The normalized spacial score (nSPS) is 15.0. The number of carbonyl (C=O) groups is 5. The summed E-state index contributed by atoms with van der Waals surface area (Å²) >= 11 is 1.42. The molecule has 12 heteroatoms. The van der Waals surface area contributed by atoms with E-state index in [-0.39, 0.29) is 12.3 Å². The number of nitrogens with two attached hydrogens (primary N) is 1. The van der Waals surface area contributed by atoms with E-state index in [4.69, 9.17) is 15.9 Å². The van der Waals surface area contributed by atoms with Crippen molar-refractivity contribution in [2.45, 2.75) is 57.8 Å². The van der Waals surface area contributed by atoms with Crippen LogP contribution in [-0.4, -0.2) is 76.0 Å². The molecule has 0 aliphatic rings. The minimum Gasteiger partial charge on any atom is -0.481 e. The second-order valence-corrected chi connectivity index (χ2v) is 7.83. The molecule has 0 aromatic rings. The first-order valence-electron chi connectivity index (χ1n) is 9.00. The van der Waals surface area contributed by atoms with Crippen LogP contribution in [0.5, 0.6) is 0 Å². The Kier molecular flexibility index (Phi) is 11.9. The van der Waals surface area contributed by atoms with Crippen LogP contribution < -0.4 is 21.7 Å². The van der Waals surface area contributed by atoms with Crippen molar-refractivity contribution in [3.05, 3.63) is 0 Å². The summed E-state index contributed by atoms with van der Waals surface area (Å²) in [5.41, 5.74) is 5.70. The Labute approximate surface area is 173 Å². The third-order valence-electron chi connectivity index (χ3n) is 4.01. The zero-order chi connectivity index (χ0) is 22.7. The summed E-state index contributed by atoms with van der Waals surface area (Å²) in [6.07, 6.45) is 1.29. The van der Waals surface area contributed by atoms with Crippen molar-refractivity contribution < 1.29 is 34.2 Å². The van der Waals surface area contributed by atoms with Crippen LogP contribution >= 0.6 is 11.8 Å². The lowest BCUT2D eigenvalue weighted by molar-refractivity contribution is -0.143. The van der Waals surface area contributed by atoms with Gasteiger partial charge in [0.15, 0.2) is 0 Å². The molecule has 29 heavy (non-hydrogen) atoms. The molecule has 0 radical (unpaired) electrons. The van der Waals surface area contributed by atoms with Gasteiger partial charge in [-0.1, -0.05) is 13.8 Å². The van der Waals surface area contributed by atoms with E-state index in [0.29, 0.717) is 5.75 Å². The lowest BCUT2D eigenvalue weighted by Gasteiger charge is -2.23. The van der Waals surface area contributed by atoms with Crippen molar-refractivity contribution in [1.29, 1.82) is 0 Å². The quantitative estimate of drug-likeness (QED) is 0.206. The van der Waals surface area contributed by atoms with E-state index in [1.165, 1.54) is 18.7 Å². The molecule has 0 heterocycles. The molecule has 0 spiro atoms. The monoisotopic (exact) mass is 434 g/mol. The first-order valence-corrected chi connectivity index (χ1v) is 10.4. The third-order valence-corrected chi connectivity index (χ3v) is 4.65. The first-order chi connectivity index (χ1) is 13.4. The van der Waals surface area contributed by atoms with Gasteiger partial charge in [0.2, 0.25) is 17.7 Å². The summed E-state index contributed by atoms with van der Waals surface area (Å²) in [5.74, 6) is -4.58. The fourth-order valence-corrected chi connectivity index (χ4v) is 2.60. The van der Waals surface area contributed by atoms with E-state index < -0.39 is 60.2 Å². The first kappa shape index (κ1) is 26.7. The number of rotatable bonds is 13. The van der Waals surface area contributed by atoms with Crippen LogP contribution in [0.1, 0.15) is 33.6 Å². The highest BCUT2D eigenvalue weighted by Gasteiger charge is 2.30. The predicted molar refractivity (Wildman–Crippen MR) is 107 cm³/mol. The lowest BCUT2D eigenvalue weighted by atomic mass is 10.0. The average molecular weight is 435 g/mol. The van der Waals surface area contributed by atoms with E-state index in [1.54, 1.807) is 20.1 Å². The molecule has 0 aromatic carbocycles. The van der Waals surface area contributed by atoms with Gasteiger partial charge in [-0.15, -0.1) is 0 Å². The molecule has 0 rings (SSSR count). The van der Waals surface area contributed by atoms with Crippen molar-refractivity contribution in [3.63, 3.8) is 0 Å². The number of hydrogen-bond acceptors (Lipinski definition) is 7. The van der Waals surface area contributed by atoms with E-state index >= 15 is 0 Å². The maximum atomic E-state index is 12.4. The van der Waals surface area contributed by atoms with Gasteiger partial charge in [-0.05, 0) is 31.3 Å². The number of carboxylic acids is 2. The fraction of sp³-hybridized carbons (Fsp3) is 0.706. The number of nitrogens with one attached hydrogen (secondary N) is 3. The minimum atomic E-state index is -1.44. The van der Waals surface area contributed by atoms with Crippen LogP contribution in [0.15, 0.2) is 0 Å². The standard InChI is InChI=1S/C17H30N4O7S/c1-8(2)13(18)16(26)21-11(7-12(22)23)15(25)19-9(3)14(24)20-10(17(27)28)5-6-29-4/h8-11,13H,5-7,18H2,1-4H3,(H,19,25)(H,20,24)(H,21,26)(H,22,23)(H,27,28). The Bertz CT molecular complexity index is 615. The van der Waals surface area contributed by atoms with Gasteiger partial charge in [0.25, 0.3) is 0 Å². The van der Waals surface area contributed by atoms with Crippen molar-refractivity contribution in [2.75, 3.05) is 12.0 Å². The Hall–Kier alpha value is -2.34. The molecular formula is C17H30N4O7S. The molecule has 0 saturated carbocycles. The Balaban J connectivity index is 5.04. The number of carbonyl (C=O) groups excluding carboxylic acids is 3. The van der Waals surface area contributed by atoms with Crippen LogP contribution in [0.25, 0.3) is 0 Å². The maximum Gasteiger partial charge on any atom is 0.326 e. The molecule has 4 atom stereocenters. The molecule has 0 bridgehead atoms. The Morgan fingerprint density at radius 2 is 1.45 bits per heavy atom. The van der Waals surface area contributed by atoms with Crippen LogP contribution in [0.4, 0.5) is 0 Å². The molecule has 0 aromatic heterocycles. The SMILES string of the molecule is CSCCC(NC(=O)C(C)NC(=O)C(CC(=O)O)NC(=O)C(N)C(C)C)C(=O)O. The van der Waals surface area contributed by atoms with Gasteiger partial charge in [-0.3, -0.25) is 19.2 Å². The highest BCUT2D eigenvalue weighted by molar-refractivity contribution is 7.98. The fourth-order valence-electron chi connectivity index (χ4n) is 2.12. The largest absolute Gasteiger partial charge is 0.481 e. The minimum absolute atomic E-state index is 0.202. The molecule has 3 amide bonds. The van der Waals surface area contributed by atoms with Gasteiger partial charge >= 0.3 is 11.9 Å². The highest BCUT2D eigenvalue weighted by Crippen LogP contribution is 2.03. The molecule has 7 N–H and O–H groups in total. The summed E-state index contributed by atoms with van der Waals surface area (Å²) in [6, 6.07) is -4.64. The zero-order valence-electron chi connectivity index (χ0n) is 16.9. The Morgan fingerprint density at radius 1 is 0.897 bits per heavy atom. The summed E-state index contributed by atoms with van der Waals surface area (Å²) in [5, 5.41) is 25.0. The second-order valence-electron chi connectivity index (χ2n) is 6.84. The van der Waals surface area contributed by atoms with Gasteiger partial charge < -0.3 is 31.9 Å². The van der Waals surface area contributed by atoms with Crippen LogP contribution in [-0.2, 0) is 24.0 Å². The van der Waals surface area contributed by atoms with Gasteiger partial charge in [0.1, 0.15) is 18.1 Å². The number of amides is 3. The molecular weight excluding hydrogens is 404 g/mol. The Morgan fingerprint density at radius 3 is 1.90 bits per heavy atom. The smallest absolute Gasteiger partial charge is 0.326 e. The average Bonchev–Trinajstić information content (AvgIpc) is 2.62. The van der Waals surface area contributed by atoms with Crippen molar-refractivity contribution in [1.82, 2.24) is 16.0 Å². The van der Waals surface area contributed by atoms with Gasteiger partial charge in [0.05, 0.1) is 12.5 Å². The molecule has 11 nitrogen and oxygen atoms in total. The summed E-state index contributed by atoms with van der Waals surface area (Å²) in [6.45, 7) is 4.71. The molecule has 0 aliphatic heterocycles. The zero-order valence-corrected chi connectivity index (χ0v) is 17.7. The molecule has 0 aliphatic carbocycles. The van der Waals surface area contributed by atoms with Gasteiger partial charge in [0, 0.05) is 0 Å². The van der Waals surface area contributed by atoms with E-state index in [0.717, 1.165) is 0 Å². The topological polar surface area (TPSA) is 188 Å². The van der Waals surface area contributed by atoms with Gasteiger partial charge in [-0.25, -0.2) is 4.79 Å². The predicted octanol–water partition coefficient (Wildman–Crippen LogP) is -1.24. The van der Waals surface area contributed by atoms with Crippen molar-refractivity contribution >= 4 is 41.4 Å². The highest BCUT2D eigenvalue weighted by atomic mass is 32.2. The molecule has 0 saturated heterocycles. The van der Waals surface area contributed by atoms with E-state index in [1.807, 2.05) is 0 Å². The third kappa shape index (κ3) is 10.1. The summed E-state index contributed by atoms with van der Waals surface area (Å²) in [4.78, 5) is 58.9. The van der Waals surface area contributed by atoms with E-state index in [9.17, 15) is 24.0 Å². The number of thioether (sulfide) groups is 1. The van der Waals surface area contributed by atoms with Crippen LogP contribution in [0, 0.1) is 5.92 Å². The van der Waals surface area contributed by atoms with Crippen molar-refractivity contribution in [3.8, 4) is 0 Å². The van der Waals surface area contributed by atoms with Gasteiger partial charge in [-0.2, -0.15) is 11.8 Å². The van der Waals surface area contributed by atoms with E-state index in [2.05, 4.69) is 16.0 Å². The molecule has 166 valence electrons. The lowest BCUT2D eigenvalue weighted by Crippen LogP contribution is -2.57.